The SMILES string of the molecule is CC(C)C1COC(CC(C)C2CCOC2C(C)C)C1C(C)C. The molecule has 130 valence electrons. The minimum Gasteiger partial charge on any atom is -0.378 e. The zero-order chi connectivity index (χ0) is 16.4. The van der Waals surface area contributed by atoms with Crippen LogP contribution in [0.15, 0.2) is 0 Å². The molecular formula is C20H38O2. The lowest BCUT2D eigenvalue weighted by Gasteiger charge is -2.33. The van der Waals surface area contributed by atoms with Gasteiger partial charge in [-0.05, 0) is 54.3 Å². The quantitative estimate of drug-likeness (QED) is 0.686. The highest BCUT2D eigenvalue weighted by Gasteiger charge is 2.43. The standard InChI is InChI=1S/C20H38O2/c1-12(2)17-11-22-18(19(17)13(3)4)10-15(7)16-8-9-21-20(16)14(5)6/h12-20H,8-11H2,1-7H3. The van der Waals surface area contributed by atoms with Crippen LogP contribution in [0.25, 0.3) is 0 Å². The summed E-state index contributed by atoms with van der Waals surface area (Å²) >= 11 is 0. The second kappa shape index (κ2) is 7.66. The highest BCUT2D eigenvalue weighted by molar-refractivity contribution is 4.91. The predicted octanol–water partition coefficient (Wildman–Crippen LogP) is 5.02. The molecule has 0 aromatic heterocycles. The summed E-state index contributed by atoms with van der Waals surface area (Å²) in [5.74, 6) is 4.95. The van der Waals surface area contributed by atoms with E-state index in [0.29, 0.717) is 30.0 Å². The van der Waals surface area contributed by atoms with Crippen LogP contribution in [-0.2, 0) is 9.47 Å². The fourth-order valence-electron chi connectivity index (χ4n) is 4.98. The molecule has 0 aromatic carbocycles. The average molecular weight is 311 g/mol. The Morgan fingerprint density at radius 2 is 1.50 bits per heavy atom. The van der Waals surface area contributed by atoms with Crippen molar-refractivity contribution in [2.45, 2.75) is 73.5 Å². The number of hydrogen-bond donors (Lipinski definition) is 0. The van der Waals surface area contributed by atoms with Crippen molar-refractivity contribution in [3.8, 4) is 0 Å². The van der Waals surface area contributed by atoms with Gasteiger partial charge < -0.3 is 9.47 Å². The lowest BCUT2D eigenvalue weighted by atomic mass is 9.73. The van der Waals surface area contributed by atoms with Gasteiger partial charge in [0.2, 0.25) is 0 Å². The van der Waals surface area contributed by atoms with Gasteiger partial charge in [-0.3, -0.25) is 0 Å². The maximum absolute atomic E-state index is 6.29. The Morgan fingerprint density at radius 3 is 2.05 bits per heavy atom. The van der Waals surface area contributed by atoms with Crippen molar-refractivity contribution in [2.24, 2.45) is 41.4 Å². The maximum atomic E-state index is 6.29. The van der Waals surface area contributed by atoms with Crippen LogP contribution in [0.2, 0.25) is 0 Å². The fourth-order valence-corrected chi connectivity index (χ4v) is 4.98. The Morgan fingerprint density at radius 1 is 0.818 bits per heavy atom. The van der Waals surface area contributed by atoms with Crippen LogP contribution in [0.4, 0.5) is 0 Å². The van der Waals surface area contributed by atoms with E-state index in [9.17, 15) is 0 Å². The first kappa shape index (κ1) is 18.3. The zero-order valence-corrected chi connectivity index (χ0v) is 15.8. The third kappa shape index (κ3) is 3.87. The van der Waals surface area contributed by atoms with E-state index in [4.69, 9.17) is 9.47 Å². The van der Waals surface area contributed by atoms with Crippen LogP contribution in [0.1, 0.15) is 61.3 Å². The molecule has 2 aliphatic rings. The van der Waals surface area contributed by atoms with E-state index in [0.717, 1.165) is 36.9 Å². The Kier molecular flexibility index (Phi) is 6.36. The second-order valence-electron chi connectivity index (χ2n) is 8.85. The summed E-state index contributed by atoms with van der Waals surface area (Å²) in [6.45, 7) is 18.4. The molecule has 0 amide bonds. The van der Waals surface area contributed by atoms with E-state index in [1.54, 1.807) is 0 Å². The van der Waals surface area contributed by atoms with Gasteiger partial charge in [-0.15, -0.1) is 0 Å². The molecule has 2 nitrogen and oxygen atoms in total. The van der Waals surface area contributed by atoms with E-state index in [2.05, 4.69) is 48.5 Å². The largest absolute Gasteiger partial charge is 0.378 e. The molecule has 2 heteroatoms. The van der Waals surface area contributed by atoms with Crippen LogP contribution >= 0.6 is 0 Å². The van der Waals surface area contributed by atoms with E-state index in [-0.39, 0.29) is 0 Å². The molecule has 0 spiro atoms. The first-order chi connectivity index (χ1) is 10.3. The Balaban J connectivity index is 2.00. The maximum Gasteiger partial charge on any atom is 0.0629 e. The minimum atomic E-state index is 0.454. The molecule has 0 aromatic rings. The van der Waals surface area contributed by atoms with Gasteiger partial charge in [-0.25, -0.2) is 0 Å². The van der Waals surface area contributed by atoms with Gasteiger partial charge in [-0.1, -0.05) is 48.5 Å². The number of rotatable bonds is 6. The fraction of sp³-hybridized carbons (Fsp3) is 1.00. The van der Waals surface area contributed by atoms with Crippen molar-refractivity contribution in [3.05, 3.63) is 0 Å². The monoisotopic (exact) mass is 310 g/mol. The zero-order valence-electron chi connectivity index (χ0n) is 15.8. The average Bonchev–Trinajstić information content (AvgIpc) is 3.04. The van der Waals surface area contributed by atoms with Crippen LogP contribution in [0.5, 0.6) is 0 Å². The van der Waals surface area contributed by atoms with Crippen LogP contribution in [0.3, 0.4) is 0 Å². The highest BCUT2D eigenvalue weighted by atomic mass is 16.5. The van der Waals surface area contributed by atoms with Gasteiger partial charge in [0.1, 0.15) is 0 Å². The van der Waals surface area contributed by atoms with E-state index < -0.39 is 0 Å². The van der Waals surface area contributed by atoms with Crippen molar-refractivity contribution < 1.29 is 9.47 Å². The third-order valence-electron chi connectivity index (χ3n) is 6.23. The van der Waals surface area contributed by atoms with E-state index in [1.807, 2.05) is 0 Å². The van der Waals surface area contributed by atoms with Crippen molar-refractivity contribution in [1.82, 2.24) is 0 Å². The minimum absolute atomic E-state index is 0.454. The summed E-state index contributed by atoms with van der Waals surface area (Å²) in [7, 11) is 0. The normalized spacial score (nSPS) is 37.6. The molecule has 6 atom stereocenters. The van der Waals surface area contributed by atoms with Crippen molar-refractivity contribution in [2.75, 3.05) is 13.2 Å². The first-order valence-corrected chi connectivity index (χ1v) is 9.56. The van der Waals surface area contributed by atoms with E-state index in [1.165, 1.54) is 12.8 Å². The molecule has 0 saturated carbocycles. The molecule has 6 unspecified atom stereocenters. The summed E-state index contributed by atoms with van der Waals surface area (Å²) < 4.78 is 12.3. The third-order valence-corrected chi connectivity index (χ3v) is 6.23. The smallest absolute Gasteiger partial charge is 0.0629 e. The van der Waals surface area contributed by atoms with Gasteiger partial charge in [0.05, 0.1) is 18.8 Å². The molecule has 0 bridgehead atoms. The molecule has 2 rings (SSSR count). The molecular weight excluding hydrogens is 272 g/mol. The van der Waals surface area contributed by atoms with Gasteiger partial charge >= 0.3 is 0 Å². The highest BCUT2D eigenvalue weighted by Crippen LogP contribution is 2.42. The number of ether oxygens (including phenoxy) is 2. The lowest BCUT2D eigenvalue weighted by Crippen LogP contribution is -2.33. The Hall–Kier alpha value is -0.0800. The molecule has 2 aliphatic heterocycles. The summed E-state index contributed by atoms with van der Waals surface area (Å²) in [5.41, 5.74) is 0. The summed E-state index contributed by atoms with van der Waals surface area (Å²) in [5, 5.41) is 0. The lowest BCUT2D eigenvalue weighted by molar-refractivity contribution is 0.0180. The van der Waals surface area contributed by atoms with Gasteiger partial charge in [0.15, 0.2) is 0 Å². The van der Waals surface area contributed by atoms with Crippen molar-refractivity contribution >= 4 is 0 Å². The second-order valence-corrected chi connectivity index (χ2v) is 8.85. The predicted molar refractivity (Wildman–Crippen MR) is 92.9 cm³/mol. The topological polar surface area (TPSA) is 18.5 Å². The molecule has 2 fully saturated rings. The van der Waals surface area contributed by atoms with Gasteiger partial charge in [0.25, 0.3) is 0 Å². The van der Waals surface area contributed by atoms with Crippen LogP contribution in [0, 0.1) is 41.4 Å². The van der Waals surface area contributed by atoms with Crippen molar-refractivity contribution in [3.63, 3.8) is 0 Å². The molecule has 2 heterocycles. The molecule has 0 aliphatic carbocycles. The van der Waals surface area contributed by atoms with Crippen LogP contribution < -0.4 is 0 Å². The summed E-state index contributed by atoms with van der Waals surface area (Å²) in [4.78, 5) is 0. The Labute approximate surface area is 138 Å². The van der Waals surface area contributed by atoms with E-state index >= 15 is 0 Å². The van der Waals surface area contributed by atoms with Crippen molar-refractivity contribution in [1.29, 1.82) is 0 Å². The first-order valence-electron chi connectivity index (χ1n) is 9.56. The molecule has 0 radical (unpaired) electrons. The number of hydrogen-bond acceptors (Lipinski definition) is 2. The van der Waals surface area contributed by atoms with Gasteiger partial charge in [-0.2, -0.15) is 0 Å². The Bertz CT molecular complexity index is 337. The van der Waals surface area contributed by atoms with Crippen LogP contribution in [-0.4, -0.2) is 25.4 Å². The summed E-state index contributed by atoms with van der Waals surface area (Å²) in [6.07, 6.45) is 3.35. The van der Waals surface area contributed by atoms with Gasteiger partial charge in [0, 0.05) is 6.61 Å². The molecule has 0 N–H and O–H groups in total. The summed E-state index contributed by atoms with van der Waals surface area (Å²) in [6, 6.07) is 0. The molecule has 22 heavy (non-hydrogen) atoms. The molecule has 2 saturated heterocycles.